The predicted octanol–water partition coefficient (Wildman–Crippen LogP) is 5.33. The number of hydrogen-bond acceptors (Lipinski definition) is 10. The summed E-state index contributed by atoms with van der Waals surface area (Å²) in [6.07, 6.45) is 5.92. The fourth-order valence-corrected chi connectivity index (χ4v) is 10.1. The summed E-state index contributed by atoms with van der Waals surface area (Å²) in [5, 5.41) is 30.9. The highest BCUT2D eigenvalue weighted by Gasteiger charge is 2.43. The number of phenolic OH excluding ortho intramolecular Hbond substituents is 1. The van der Waals surface area contributed by atoms with Gasteiger partial charge in [-0.15, -0.1) is 11.6 Å². The van der Waals surface area contributed by atoms with Crippen LogP contribution in [0.3, 0.4) is 0 Å². The third-order valence-electron chi connectivity index (χ3n) is 14.2. The second kappa shape index (κ2) is 24.7. The van der Waals surface area contributed by atoms with E-state index in [1.165, 1.54) is 40.9 Å². The average Bonchev–Trinajstić information content (AvgIpc) is 3.72. The molecule has 3 heterocycles. The normalized spacial score (nSPS) is 24.3. The van der Waals surface area contributed by atoms with Crippen molar-refractivity contribution in [3.8, 4) is 5.75 Å². The van der Waals surface area contributed by atoms with Gasteiger partial charge >= 0.3 is 0 Å². The number of rotatable bonds is 13. The van der Waals surface area contributed by atoms with Crippen LogP contribution in [-0.2, 0) is 51.9 Å². The lowest BCUT2D eigenvalue weighted by atomic mass is 9.92. The Kier molecular flexibility index (Phi) is 19.5. The van der Waals surface area contributed by atoms with Crippen LogP contribution < -0.4 is 21.7 Å². The van der Waals surface area contributed by atoms with Crippen LogP contribution in [0.25, 0.3) is 10.9 Å². The average molecular weight is 1030 g/mol. The molecule has 18 heteroatoms. The lowest BCUT2D eigenvalue weighted by Crippen LogP contribution is -2.60. The molecule has 1 fully saturated rings. The van der Waals surface area contributed by atoms with Crippen molar-refractivity contribution in [2.45, 2.75) is 155 Å². The molecule has 2 aliphatic heterocycles. The zero-order valence-corrected chi connectivity index (χ0v) is 45.0. The zero-order valence-electron chi connectivity index (χ0n) is 44.3. The van der Waals surface area contributed by atoms with E-state index in [2.05, 4.69) is 16.0 Å². The number of nitrogens with one attached hydrogen (secondary N) is 3. The van der Waals surface area contributed by atoms with Gasteiger partial charge in [0.2, 0.25) is 35.4 Å². The number of benzene rings is 2. The molecule has 1 saturated heterocycles. The number of aromatic nitrogens is 1. The Bertz CT molecular complexity index is 2590. The van der Waals surface area contributed by atoms with Crippen LogP contribution in [0.1, 0.15) is 106 Å². The number of allylic oxidation sites excluding steroid dienone is 1. The summed E-state index contributed by atoms with van der Waals surface area (Å²) in [6, 6.07) is 4.75. The number of likely N-dealkylation sites (N-methyl/N-ethyl adjacent to an activating group) is 2. The van der Waals surface area contributed by atoms with Crippen LogP contribution in [-0.4, -0.2) is 133 Å². The first-order chi connectivity index (χ1) is 34.3. The Morgan fingerprint density at radius 1 is 0.808 bits per heavy atom. The number of aromatic hydroxyl groups is 1. The van der Waals surface area contributed by atoms with Gasteiger partial charge in [-0.25, -0.2) is 0 Å². The summed E-state index contributed by atoms with van der Waals surface area (Å²) in [5.41, 5.74) is 7.79. The number of fused-ring (bicyclic) bond motifs is 3. The number of aliphatic hydroxyl groups excluding tert-OH is 1. The topological polar surface area (TPSA) is 237 Å². The van der Waals surface area contributed by atoms with Crippen molar-refractivity contribution in [2.24, 2.45) is 17.8 Å². The summed E-state index contributed by atoms with van der Waals surface area (Å²) in [4.78, 5) is 107. The summed E-state index contributed by atoms with van der Waals surface area (Å²) in [7, 11) is 2.96. The molecule has 0 aliphatic carbocycles. The molecule has 8 atom stereocenters. The Balaban J connectivity index is 1.71. The van der Waals surface area contributed by atoms with Gasteiger partial charge < -0.3 is 51.2 Å². The van der Waals surface area contributed by atoms with E-state index in [9.17, 15) is 39.0 Å². The van der Waals surface area contributed by atoms with Crippen molar-refractivity contribution < 1.29 is 43.8 Å². The first-order valence-corrected chi connectivity index (χ1v) is 25.8. The first-order valence-electron chi connectivity index (χ1n) is 25.3. The molecule has 1 aromatic heterocycles. The second-order valence-corrected chi connectivity index (χ2v) is 21.7. The standard InChI is InChI=1S/C55H77ClN8O9/c1-12-13-17-39-49(68)60-41(27-36-30-64(55(8,9)48(67)28-56)42-18-15-14-16-37(36)42)53(72)61(10)43(21-31(2)3)50(69)59-40(26-35-19-20-46(65)38(57)25-35)47(66)24-34(7)52(71)62(11)45-23-33(6)29-63(54(45)73)44(22-32(4)5)51(70)58-39/h12-16,18-20,25,29-32,34,39-41,43-45,48,65,67H,17,21-24,26-28,57H2,1-11H3,(H,58,70)(H,59,69)(H,60,68)/b13-12+/t34-,39+,40+,41+,43+,44+,45+,48-/m1/s1. The van der Waals surface area contributed by atoms with E-state index in [0.717, 1.165) is 16.5 Å². The molecule has 0 saturated carbocycles. The number of ketones is 1. The Labute approximate surface area is 434 Å². The highest BCUT2D eigenvalue weighted by Crippen LogP contribution is 2.32. The van der Waals surface area contributed by atoms with Gasteiger partial charge in [0.25, 0.3) is 0 Å². The molecular weight excluding hydrogens is 952 g/mol. The number of anilines is 1. The minimum Gasteiger partial charge on any atom is -0.506 e. The van der Waals surface area contributed by atoms with E-state index in [4.69, 9.17) is 17.3 Å². The Morgan fingerprint density at radius 3 is 2.05 bits per heavy atom. The number of halogens is 1. The Morgan fingerprint density at radius 2 is 1.42 bits per heavy atom. The fourth-order valence-electron chi connectivity index (χ4n) is 9.76. The number of amides is 6. The maximum absolute atomic E-state index is 15.4. The van der Waals surface area contributed by atoms with E-state index in [1.807, 2.05) is 76.6 Å². The van der Waals surface area contributed by atoms with Gasteiger partial charge in [-0.2, -0.15) is 0 Å². The lowest BCUT2D eigenvalue weighted by Gasteiger charge is -2.39. The smallest absolute Gasteiger partial charge is 0.250 e. The molecule has 3 aromatic rings. The van der Waals surface area contributed by atoms with Crippen molar-refractivity contribution in [3.05, 3.63) is 83.7 Å². The van der Waals surface area contributed by atoms with Crippen LogP contribution in [0, 0.1) is 17.8 Å². The molecule has 17 nitrogen and oxygen atoms in total. The largest absolute Gasteiger partial charge is 0.506 e. The van der Waals surface area contributed by atoms with Gasteiger partial charge in [-0.05, 0) is 101 Å². The summed E-state index contributed by atoms with van der Waals surface area (Å²) in [5.74, 6) is -5.60. The second-order valence-electron chi connectivity index (χ2n) is 21.4. The number of nitrogens with two attached hydrogens (primary N) is 1. The van der Waals surface area contributed by atoms with Crippen LogP contribution in [0.4, 0.5) is 5.69 Å². The molecule has 0 radical (unpaired) electrons. The number of aliphatic hydroxyl groups is 1. The van der Waals surface area contributed by atoms with E-state index >= 15 is 4.79 Å². The van der Waals surface area contributed by atoms with Crippen LogP contribution in [0.15, 0.2) is 72.6 Å². The monoisotopic (exact) mass is 1030 g/mol. The minimum absolute atomic E-state index is 0.0179. The van der Waals surface area contributed by atoms with E-state index in [0.29, 0.717) is 11.1 Å². The number of nitrogen functional groups attached to an aromatic ring is 1. The van der Waals surface area contributed by atoms with Gasteiger partial charge in [0.05, 0.1) is 29.3 Å². The third-order valence-corrected chi connectivity index (χ3v) is 14.5. The molecule has 0 spiro atoms. The van der Waals surface area contributed by atoms with Crippen molar-refractivity contribution in [1.82, 2.24) is 35.2 Å². The van der Waals surface area contributed by atoms with Gasteiger partial charge in [0.1, 0.15) is 36.0 Å². The number of phenols is 1. The maximum Gasteiger partial charge on any atom is 0.250 e. The molecule has 6 amide bonds. The summed E-state index contributed by atoms with van der Waals surface area (Å²) in [6.45, 7) is 16.4. The SMILES string of the molecule is C/C=C/C[C@@H]1NC(=O)[C@H](CC(C)C)N2C=C(C)C[C@@H](C2=O)N(C)C(=O)[C@H](C)CC(=O)[C@H](Cc2ccc(O)c(N)c2)NC(=O)[C@H](CC(C)C)N(C)C(=O)[C@H](Cc2cn(C(C)(C)[C@H](O)CCl)c3ccccc23)NC1=O. The first kappa shape index (κ1) is 57.7. The number of hydrogen-bond donors (Lipinski definition) is 6. The van der Waals surface area contributed by atoms with E-state index in [1.54, 1.807) is 45.2 Å². The van der Waals surface area contributed by atoms with Crippen LogP contribution >= 0.6 is 11.6 Å². The number of carbonyl (C=O) groups is 7. The van der Waals surface area contributed by atoms with Crippen molar-refractivity contribution in [2.75, 3.05) is 25.7 Å². The van der Waals surface area contributed by atoms with Gasteiger partial charge in [0.15, 0.2) is 5.78 Å². The number of alkyl halides is 1. The van der Waals surface area contributed by atoms with Crippen molar-refractivity contribution in [1.29, 1.82) is 0 Å². The minimum atomic E-state index is -1.35. The van der Waals surface area contributed by atoms with Gasteiger partial charge in [-0.3, -0.25) is 33.6 Å². The van der Waals surface area contributed by atoms with Gasteiger partial charge in [0, 0.05) is 56.2 Å². The summed E-state index contributed by atoms with van der Waals surface area (Å²) >= 11 is 6.20. The number of nitrogens with zero attached hydrogens (tertiary/aromatic N) is 4. The molecule has 2 aromatic carbocycles. The predicted molar refractivity (Wildman–Crippen MR) is 283 cm³/mol. The third kappa shape index (κ3) is 13.7. The molecule has 73 heavy (non-hydrogen) atoms. The highest BCUT2D eigenvalue weighted by atomic mass is 35.5. The number of para-hydroxylation sites is 1. The van der Waals surface area contributed by atoms with Crippen LogP contribution in [0.2, 0.25) is 0 Å². The Hall–Kier alpha value is -6.20. The quantitative estimate of drug-likeness (QED) is 0.0557. The van der Waals surface area contributed by atoms with Crippen LogP contribution in [0.5, 0.6) is 5.75 Å². The van der Waals surface area contributed by atoms with E-state index < -0.39 is 95.0 Å². The molecule has 398 valence electrons. The lowest BCUT2D eigenvalue weighted by molar-refractivity contribution is -0.149. The van der Waals surface area contributed by atoms with Crippen molar-refractivity contribution >= 4 is 69.4 Å². The summed E-state index contributed by atoms with van der Waals surface area (Å²) < 4.78 is 1.89. The molecule has 2 bridgehead atoms. The number of Topliss-reactive ketones (excluding diaryl/α,β-unsaturated/α-hetero) is 1. The zero-order chi connectivity index (χ0) is 54.2. The molecule has 5 rings (SSSR count). The number of carbonyl (C=O) groups excluding carboxylic acids is 7. The maximum atomic E-state index is 15.4. The molecule has 2 aliphatic rings. The fraction of sp³-hybridized carbons (Fsp3) is 0.545. The van der Waals surface area contributed by atoms with Gasteiger partial charge in [-0.1, -0.05) is 76.6 Å². The van der Waals surface area contributed by atoms with E-state index in [-0.39, 0.29) is 74.1 Å². The molecule has 7 N–H and O–H groups in total. The molecular formula is C55H77ClN8O9. The molecule has 0 unspecified atom stereocenters. The highest BCUT2D eigenvalue weighted by molar-refractivity contribution is 6.18. The van der Waals surface area contributed by atoms with Crippen molar-refractivity contribution in [3.63, 3.8) is 0 Å².